The fraction of sp³-hybridized carbons (Fsp3) is 0.208. The SMILES string of the molecule is CC(N)=NC=Nc1ccc(NCCNC(=O)N[C@@H](C)c2cccc3ccccc23)c(Cl)c1. The number of amides is 2. The van der Waals surface area contributed by atoms with Gasteiger partial charge in [0.25, 0.3) is 0 Å². The first kappa shape index (κ1) is 23.1. The van der Waals surface area contributed by atoms with E-state index in [1.165, 1.54) is 6.34 Å². The maximum atomic E-state index is 12.3. The molecule has 0 saturated carbocycles. The molecule has 0 spiro atoms. The van der Waals surface area contributed by atoms with Crippen LogP contribution in [0.1, 0.15) is 25.5 Å². The molecule has 0 unspecified atom stereocenters. The number of rotatable bonds is 8. The first-order chi connectivity index (χ1) is 15.4. The number of nitrogens with two attached hydrogens (primary N) is 1. The maximum Gasteiger partial charge on any atom is 0.315 e. The van der Waals surface area contributed by atoms with Crippen LogP contribution in [0, 0.1) is 0 Å². The molecule has 1 atom stereocenters. The number of nitrogens with one attached hydrogen (secondary N) is 3. The fourth-order valence-electron chi connectivity index (χ4n) is 3.24. The zero-order chi connectivity index (χ0) is 22.9. The van der Waals surface area contributed by atoms with E-state index in [4.69, 9.17) is 17.3 Å². The predicted octanol–water partition coefficient (Wildman–Crippen LogP) is 5.00. The van der Waals surface area contributed by atoms with Gasteiger partial charge in [0.05, 0.1) is 28.3 Å². The summed E-state index contributed by atoms with van der Waals surface area (Å²) in [5.41, 5.74) is 7.98. The van der Waals surface area contributed by atoms with Crippen LogP contribution in [0.2, 0.25) is 5.02 Å². The van der Waals surface area contributed by atoms with Gasteiger partial charge < -0.3 is 21.7 Å². The van der Waals surface area contributed by atoms with Gasteiger partial charge in [0.1, 0.15) is 6.34 Å². The Morgan fingerprint density at radius 1 is 1.12 bits per heavy atom. The number of fused-ring (bicyclic) bond motifs is 1. The average Bonchev–Trinajstić information content (AvgIpc) is 2.77. The van der Waals surface area contributed by atoms with Gasteiger partial charge in [-0.05, 0) is 48.4 Å². The number of nitrogens with zero attached hydrogens (tertiary/aromatic N) is 2. The van der Waals surface area contributed by atoms with Crippen molar-refractivity contribution in [1.82, 2.24) is 10.6 Å². The summed E-state index contributed by atoms with van der Waals surface area (Å²) in [7, 11) is 0. The van der Waals surface area contributed by atoms with E-state index in [1.807, 2.05) is 43.3 Å². The van der Waals surface area contributed by atoms with Crippen LogP contribution in [0.5, 0.6) is 0 Å². The molecule has 2 amide bonds. The lowest BCUT2D eigenvalue weighted by atomic mass is 10.00. The minimum Gasteiger partial charge on any atom is -0.387 e. The largest absolute Gasteiger partial charge is 0.387 e. The summed E-state index contributed by atoms with van der Waals surface area (Å²) >= 11 is 6.30. The van der Waals surface area contributed by atoms with Crippen LogP contribution in [0.25, 0.3) is 10.8 Å². The summed E-state index contributed by atoms with van der Waals surface area (Å²) in [6.07, 6.45) is 1.38. The number of carbonyl (C=O) groups excluding carboxylic acids is 1. The molecule has 0 aliphatic heterocycles. The molecule has 7 nitrogen and oxygen atoms in total. The molecule has 32 heavy (non-hydrogen) atoms. The van der Waals surface area contributed by atoms with Crippen molar-refractivity contribution in [3.05, 3.63) is 71.2 Å². The first-order valence-corrected chi connectivity index (χ1v) is 10.7. The third-order valence-electron chi connectivity index (χ3n) is 4.78. The van der Waals surface area contributed by atoms with Crippen molar-refractivity contribution >= 4 is 52.0 Å². The normalized spacial score (nSPS) is 12.7. The number of benzene rings is 3. The van der Waals surface area contributed by atoms with Crippen molar-refractivity contribution in [1.29, 1.82) is 0 Å². The predicted molar refractivity (Wildman–Crippen MR) is 134 cm³/mol. The summed E-state index contributed by atoms with van der Waals surface area (Å²) in [5.74, 6) is 0.432. The van der Waals surface area contributed by atoms with E-state index in [-0.39, 0.29) is 12.1 Å². The molecule has 0 aromatic heterocycles. The molecule has 3 aromatic rings. The Morgan fingerprint density at radius 3 is 2.69 bits per heavy atom. The van der Waals surface area contributed by atoms with Crippen LogP contribution >= 0.6 is 11.6 Å². The van der Waals surface area contributed by atoms with E-state index in [0.29, 0.717) is 29.6 Å². The van der Waals surface area contributed by atoms with Gasteiger partial charge in [-0.3, -0.25) is 0 Å². The molecule has 5 N–H and O–H groups in total. The van der Waals surface area contributed by atoms with Gasteiger partial charge in [0, 0.05) is 13.1 Å². The fourth-order valence-corrected chi connectivity index (χ4v) is 3.48. The lowest BCUT2D eigenvalue weighted by molar-refractivity contribution is 0.238. The van der Waals surface area contributed by atoms with E-state index in [0.717, 1.165) is 22.0 Å². The smallest absolute Gasteiger partial charge is 0.315 e. The minimum absolute atomic E-state index is 0.121. The first-order valence-electron chi connectivity index (χ1n) is 10.3. The van der Waals surface area contributed by atoms with Crippen LogP contribution in [0.3, 0.4) is 0 Å². The molecule has 0 fully saturated rings. The van der Waals surface area contributed by atoms with E-state index >= 15 is 0 Å². The van der Waals surface area contributed by atoms with Crippen molar-refractivity contribution in [2.24, 2.45) is 15.7 Å². The number of amidine groups is 1. The van der Waals surface area contributed by atoms with Crippen LogP contribution < -0.4 is 21.7 Å². The van der Waals surface area contributed by atoms with Gasteiger partial charge in [-0.1, -0.05) is 54.1 Å². The number of hydrogen-bond donors (Lipinski definition) is 4. The Balaban J connectivity index is 1.47. The maximum absolute atomic E-state index is 12.3. The number of halogens is 1. The summed E-state index contributed by atoms with van der Waals surface area (Å²) < 4.78 is 0. The highest BCUT2D eigenvalue weighted by Crippen LogP contribution is 2.27. The van der Waals surface area contributed by atoms with Gasteiger partial charge in [-0.15, -0.1) is 0 Å². The molecule has 0 saturated heterocycles. The molecular formula is C24H27ClN6O. The molecule has 0 bridgehead atoms. The summed E-state index contributed by atoms with van der Waals surface area (Å²) in [4.78, 5) is 20.4. The zero-order valence-electron chi connectivity index (χ0n) is 18.1. The quantitative estimate of drug-likeness (QED) is 0.220. The van der Waals surface area contributed by atoms with Crippen LogP contribution in [0.4, 0.5) is 16.2 Å². The highest BCUT2D eigenvalue weighted by atomic mass is 35.5. The minimum atomic E-state index is -0.223. The van der Waals surface area contributed by atoms with Crippen molar-refractivity contribution in [2.75, 3.05) is 18.4 Å². The van der Waals surface area contributed by atoms with Crippen LogP contribution in [-0.2, 0) is 0 Å². The highest BCUT2D eigenvalue weighted by molar-refractivity contribution is 6.33. The molecule has 0 radical (unpaired) electrons. The average molecular weight is 451 g/mol. The third kappa shape index (κ3) is 6.46. The second-order valence-electron chi connectivity index (χ2n) is 7.30. The Hall–Kier alpha value is -3.58. The zero-order valence-corrected chi connectivity index (χ0v) is 18.9. The van der Waals surface area contributed by atoms with Gasteiger partial charge >= 0.3 is 6.03 Å². The Kier molecular flexibility index (Phi) is 8.05. The van der Waals surface area contributed by atoms with Gasteiger partial charge in [-0.2, -0.15) is 0 Å². The topological polar surface area (TPSA) is 104 Å². The highest BCUT2D eigenvalue weighted by Gasteiger charge is 2.11. The van der Waals surface area contributed by atoms with Crippen molar-refractivity contribution in [2.45, 2.75) is 19.9 Å². The monoisotopic (exact) mass is 450 g/mol. The van der Waals surface area contributed by atoms with Crippen LogP contribution in [-0.4, -0.2) is 31.3 Å². The molecule has 0 heterocycles. The molecule has 8 heteroatoms. The summed E-state index contributed by atoms with van der Waals surface area (Å²) in [5, 5.41) is 11.9. The second-order valence-corrected chi connectivity index (χ2v) is 7.70. The van der Waals surface area contributed by atoms with Gasteiger partial charge in [0.15, 0.2) is 0 Å². The number of hydrogen-bond acceptors (Lipinski definition) is 3. The van der Waals surface area contributed by atoms with Gasteiger partial charge in [0.2, 0.25) is 0 Å². The number of carbonyl (C=O) groups is 1. The van der Waals surface area contributed by atoms with Crippen LogP contribution in [0.15, 0.2) is 70.6 Å². The van der Waals surface area contributed by atoms with E-state index in [2.05, 4.69) is 44.1 Å². The summed E-state index contributed by atoms with van der Waals surface area (Å²) in [6, 6.07) is 19.3. The molecular weight excluding hydrogens is 424 g/mol. The van der Waals surface area contributed by atoms with E-state index < -0.39 is 0 Å². The van der Waals surface area contributed by atoms with E-state index in [1.54, 1.807) is 13.0 Å². The molecule has 3 aromatic carbocycles. The Labute approximate surface area is 192 Å². The standard InChI is InChI=1S/C24H27ClN6O/c1-16(20-9-5-7-18-6-3-4-8-21(18)20)31-24(32)28-13-12-27-23-11-10-19(14-22(23)25)30-15-29-17(2)26/h3-11,14-16,27H,12-13H2,1-2H3,(H2,26,29,30)(H2,28,31,32)/t16-/m0/s1. The van der Waals surface area contributed by atoms with Crippen molar-refractivity contribution in [3.8, 4) is 0 Å². The number of aliphatic imine (C=N–C) groups is 2. The molecule has 0 aliphatic rings. The van der Waals surface area contributed by atoms with Crippen molar-refractivity contribution < 1.29 is 4.79 Å². The molecule has 3 rings (SSSR count). The molecule has 0 aliphatic carbocycles. The summed E-state index contributed by atoms with van der Waals surface area (Å²) in [6.45, 7) is 4.62. The van der Waals surface area contributed by atoms with Crippen molar-refractivity contribution in [3.63, 3.8) is 0 Å². The lowest BCUT2D eigenvalue weighted by Crippen LogP contribution is -2.39. The Bertz CT molecular complexity index is 1140. The van der Waals surface area contributed by atoms with Gasteiger partial charge in [-0.25, -0.2) is 14.8 Å². The number of urea groups is 1. The lowest BCUT2D eigenvalue weighted by Gasteiger charge is -2.17. The number of anilines is 1. The van der Waals surface area contributed by atoms with E-state index in [9.17, 15) is 4.79 Å². The Morgan fingerprint density at radius 2 is 1.91 bits per heavy atom. The second kappa shape index (κ2) is 11.2. The third-order valence-corrected chi connectivity index (χ3v) is 5.10. The molecule has 166 valence electrons.